The van der Waals surface area contributed by atoms with Crippen molar-refractivity contribution in [1.29, 1.82) is 0 Å². The lowest BCUT2D eigenvalue weighted by atomic mass is 10.1. The molecule has 0 atom stereocenters. The molecule has 0 unspecified atom stereocenters. The number of hydrogen-bond acceptors (Lipinski definition) is 5. The zero-order valence-corrected chi connectivity index (χ0v) is 18.4. The molecule has 6 nitrogen and oxygen atoms in total. The maximum atomic E-state index is 13.7. The lowest BCUT2D eigenvalue weighted by molar-refractivity contribution is 0.0997. The van der Waals surface area contributed by atoms with Crippen molar-refractivity contribution in [2.24, 2.45) is 4.99 Å². The summed E-state index contributed by atoms with van der Waals surface area (Å²) in [5, 5.41) is 1.84. The van der Waals surface area contributed by atoms with Gasteiger partial charge in [-0.25, -0.2) is 4.42 Å². The standard InChI is InChI=1S/C23H19Cl2N3O3/c1-30-20-12-18-19(13-21(20)31-2)26-14-27(25)22(18)28(17-6-4-3-5-7-17)23(29)15-8-10-16(24)11-9-15/h3-13H,14H2,1-2H3. The van der Waals surface area contributed by atoms with Crippen LogP contribution in [-0.4, -0.2) is 31.2 Å². The van der Waals surface area contributed by atoms with Crippen LogP contribution in [0.4, 0.5) is 5.69 Å². The van der Waals surface area contributed by atoms with E-state index in [2.05, 4.69) is 4.99 Å². The van der Waals surface area contributed by atoms with Gasteiger partial charge in [0.2, 0.25) is 0 Å². The molecule has 1 aliphatic heterocycles. The molecule has 3 aromatic rings. The maximum absolute atomic E-state index is 13.7. The number of benzene rings is 3. The van der Waals surface area contributed by atoms with Crippen molar-refractivity contribution >= 4 is 40.8 Å². The van der Waals surface area contributed by atoms with E-state index in [0.717, 1.165) is 0 Å². The Morgan fingerprint density at radius 3 is 2.29 bits per heavy atom. The van der Waals surface area contributed by atoms with Crippen molar-refractivity contribution in [1.82, 2.24) is 4.42 Å². The second-order valence-corrected chi connectivity index (χ2v) is 7.54. The average molecular weight is 456 g/mol. The minimum absolute atomic E-state index is 0.163. The molecule has 0 saturated carbocycles. The Morgan fingerprint density at radius 1 is 1.00 bits per heavy atom. The quantitative estimate of drug-likeness (QED) is 0.548. The van der Waals surface area contributed by atoms with Crippen LogP contribution in [0.5, 0.6) is 11.5 Å². The van der Waals surface area contributed by atoms with Crippen LogP contribution in [0.25, 0.3) is 5.82 Å². The molecule has 0 saturated heterocycles. The van der Waals surface area contributed by atoms with Gasteiger partial charge in [0.1, 0.15) is 12.5 Å². The molecule has 0 aromatic heterocycles. The average Bonchev–Trinajstić information content (AvgIpc) is 2.80. The summed E-state index contributed by atoms with van der Waals surface area (Å²) in [6, 6.07) is 19.6. The Labute approximate surface area is 189 Å². The number of halogens is 2. The summed E-state index contributed by atoms with van der Waals surface area (Å²) < 4.78 is 12.3. The van der Waals surface area contributed by atoms with E-state index in [1.54, 1.807) is 55.5 Å². The molecule has 1 amide bonds. The molecule has 0 fully saturated rings. The molecular formula is C23H19Cl2N3O3. The van der Waals surface area contributed by atoms with Crippen molar-refractivity contribution in [2.45, 2.75) is 0 Å². The summed E-state index contributed by atoms with van der Waals surface area (Å²) in [5.74, 6) is 1.26. The van der Waals surface area contributed by atoms with E-state index in [0.29, 0.717) is 44.2 Å². The number of carbonyl (C=O) groups is 1. The van der Waals surface area contributed by atoms with Gasteiger partial charge < -0.3 is 9.47 Å². The minimum atomic E-state index is -0.258. The van der Waals surface area contributed by atoms with E-state index < -0.39 is 0 Å². The minimum Gasteiger partial charge on any atom is -0.493 e. The summed E-state index contributed by atoms with van der Waals surface area (Å²) >= 11 is 12.6. The fraction of sp³-hybridized carbons (Fsp3) is 0.130. The molecule has 8 heteroatoms. The van der Waals surface area contributed by atoms with Crippen LogP contribution in [0.15, 0.2) is 71.7 Å². The number of para-hydroxylation sites is 1. The summed E-state index contributed by atoms with van der Waals surface area (Å²) in [6.07, 6.45) is 0. The molecule has 0 N–H and O–H groups in total. The van der Waals surface area contributed by atoms with Crippen molar-refractivity contribution in [3.63, 3.8) is 0 Å². The van der Waals surface area contributed by atoms with E-state index in [-0.39, 0.29) is 12.6 Å². The number of ether oxygens (including phenoxy) is 2. The van der Waals surface area contributed by atoms with Crippen LogP contribution >= 0.6 is 23.4 Å². The molecule has 3 aromatic carbocycles. The lowest BCUT2D eigenvalue weighted by Crippen LogP contribution is -2.46. The maximum Gasteiger partial charge on any atom is 0.264 e. The van der Waals surface area contributed by atoms with Gasteiger partial charge in [0, 0.05) is 33.6 Å². The number of fused-ring (bicyclic) bond motifs is 1. The van der Waals surface area contributed by atoms with Crippen molar-refractivity contribution < 1.29 is 14.3 Å². The zero-order valence-electron chi connectivity index (χ0n) is 16.9. The molecule has 0 spiro atoms. The van der Waals surface area contributed by atoms with E-state index in [1.165, 1.54) is 4.42 Å². The third-order valence-electron chi connectivity index (χ3n) is 4.86. The molecule has 158 valence electrons. The van der Waals surface area contributed by atoms with Crippen LogP contribution in [0.2, 0.25) is 5.02 Å². The molecule has 0 radical (unpaired) electrons. The van der Waals surface area contributed by atoms with Gasteiger partial charge in [0.25, 0.3) is 5.91 Å². The van der Waals surface area contributed by atoms with Gasteiger partial charge in [0.15, 0.2) is 11.5 Å². The predicted molar refractivity (Wildman–Crippen MR) is 121 cm³/mol. The van der Waals surface area contributed by atoms with Gasteiger partial charge in [-0.2, -0.15) is 0 Å². The van der Waals surface area contributed by atoms with Crippen molar-refractivity contribution in [3.05, 3.63) is 87.9 Å². The Bertz CT molecular complexity index is 1230. The normalized spacial score (nSPS) is 12.6. The highest BCUT2D eigenvalue weighted by atomic mass is 35.5. The molecule has 1 aliphatic rings. The first-order chi connectivity index (χ1) is 15.0. The second kappa shape index (κ2) is 8.88. The predicted octanol–water partition coefficient (Wildman–Crippen LogP) is 3.82. The number of amides is 1. The number of methoxy groups -OCH3 is 2. The number of carbonyl (C=O) groups excluding carboxylic acids is 1. The van der Waals surface area contributed by atoms with Crippen molar-refractivity contribution in [2.75, 3.05) is 25.8 Å². The summed E-state index contributed by atoms with van der Waals surface area (Å²) in [6.45, 7) is 0.163. The van der Waals surface area contributed by atoms with Gasteiger partial charge in [-0.15, -0.1) is 0 Å². The molecule has 1 heterocycles. The first-order valence-electron chi connectivity index (χ1n) is 9.42. The highest BCUT2D eigenvalue weighted by molar-refractivity contribution is 6.30. The Balaban J connectivity index is 2.00. The largest absolute Gasteiger partial charge is 0.493 e. The third kappa shape index (κ3) is 4.04. The lowest BCUT2D eigenvalue weighted by Gasteiger charge is -2.31. The number of nitrogens with zero attached hydrogens (tertiary/aromatic N) is 3. The Hall–Kier alpha value is -3.22. The van der Waals surface area contributed by atoms with Crippen LogP contribution in [-0.2, 0) is 0 Å². The molecule has 0 bridgehead atoms. The Kier molecular flexibility index (Phi) is 6.02. The van der Waals surface area contributed by atoms with Gasteiger partial charge in [-0.05, 0) is 42.5 Å². The van der Waals surface area contributed by atoms with E-state index in [4.69, 9.17) is 32.9 Å². The summed E-state index contributed by atoms with van der Waals surface area (Å²) in [5.41, 5.74) is 1.13. The number of anilines is 1. The second-order valence-electron chi connectivity index (χ2n) is 6.69. The van der Waals surface area contributed by atoms with Crippen LogP contribution in [0.1, 0.15) is 10.4 Å². The summed E-state index contributed by atoms with van der Waals surface area (Å²) in [7, 11) is 3.11. The molecular weight excluding hydrogens is 437 g/mol. The number of rotatable bonds is 5. The van der Waals surface area contributed by atoms with Crippen LogP contribution in [0, 0.1) is 0 Å². The van der Waals surface area contributed by atoms with Gasteiger partial charge in [0.05, 0.1) is 25.3 Å². The fourth-order valence-electron chi connectivity index (χ4n) is 3.38. The van der Waals surface area contributed by atoms with Crippen LogP contribution in [0.3, 0.4) is 0 Å². The number of hydrogen-bond donors (Lipinski definition) is 0. The first kappa shape index (κ1) is 21.0. The monoisotopic (exact) mass is 455 g/mol. The first-order valence-corrected chi connectivity index (χ1v) is 10.1. The molecule has 4 rings (SSSR count). The molecule has 31 heavy (non-hydrogen) atoms. The topological polar surface area (TPSA) is 54.4 Å². The van der Waals surface area contributed by atoms with Crippen molar-refractivity contribution in [3.8, 4) is 11.5 Å². The smallest absolute Gasteiger partial charge is 0.264 e. The highest BCUT2D eigenvalue weighted by Crippen LogP contribution is 2.28. The Morgan fingerprint density at radius 2 is 1.65 bits per heavy atom. The third-order valence-corrected chi connectivity index (χ3v) is 5.38. The SMILES string of the molecule is COc1cc2c(cc1OC)=C(N(C(=O)c1ccc(Cl)cc1)c1ccccc1)N(Cl)CN=2. The van der Waals surface area contributed by atoms with E-state index >= 15 is 0 Å². The van der Waals surface area contributed by atoms with Gasteiger partial charge in [-0.3, -0.25) is 14.7 Å². The fourth-order valence-corrected chi connectivity index (χ4v) is 3.72. The van der Waals surface area contributed by atoms with Gasteiger partial charge >= 0.3 is 0 Å². The summed E-state index contributed by atoms with van der Waals surface area (Å²) in [4.78, 5) is 19.8. The zero-order chi connectivity index (χ0) is 22.0. The van der Waals surface area contributed by atoms with Gasteiger partial charge in [-0.1, -0.05) is 29.8 Å². The van der Waals surface area contributed by atoms with Crippen LogP contribution < -0.4 is 24.9 Å². The highest BCUT2D eigenvalue weighted by Gasteiger charge is 2.28. The molecule has 0 aliphatic carbocycles. The van der Waals surface area contributed by atoms with E-state index in [9.17, 15) is 4.79 Å². The van der Waals surface area contributed by atoms with E-state index in [1.807, 2.05) is 30.3 Å².